The van der Waals surface area contributed by atoms with Crippen molar-refractivity contribution >= 4 is 17.5 Å². The quantitative estimate of drug-likeness (QED) is 0.799. The molecule has 138 valence electrons. The van der Waals surface area contributed by atoms with Crippen LogP contribution in [-0.2, 0) is 9.59 Å². The summed E-state index contributed by atoms with van der Waals surface area (Å²) in [5.74, 6) is -0.843. The lowest BCUT2D eigenvalue weighted by molar-refractivity contribution is -0.137. The van der Waals surface area contributed by atoms with Gasteiger partial charge in [-0.3, -0.25) is 9.59 Å². The lowest BCUT2D eigenvalue weighted by atomic mass is 9.78. The van der Waals surface area contributed by atoms with E-state index in [-0.39, 0.29) is 17.5 Å². The van der Waals surface area contributed by atoms with Crippen molar-refractivity contribution in [3.63, 3.8) is 0 Å². The number of carbonyl (C=O) groups is 2. The number of amides is 2. The highest BCUT2D eigenvalue weighted by molar-refractivity contribution is 6.39. The number of anilines is 1. The molecule has 2 atom stereocenters. The molecule has 2 N–H and O–H groups in total. The first kappa shape index (κ1) is 19.2. The fourth-order valence-electron chi connectivity index (χ4n) is 3.42. The Morgan fingerprint density at radius 3 is 2.64 bits per heavy atom. The maximum atomic E-state index is 13.3. The molecule has 0 saturated heterocycles. The van der Waals surface area contributed by atoms with Crippen LogP contribution in [0, 0.1) is 17.7 Å². The van der Waals surface area contributed by atoms with Crippen LogP contribution in [0.1, 0.15) is 46.5 Å². The van der Waals surface area contributed by atoms with Crippen LogP contribution in [0.4, 0.5) is 10.1 Å². The largest absolute Gasteiger partial charge is 0.492 e. The third kappa shape index (κ3) is 5.18. The molecule has 1 fully saturated rings. The Kier molecular flexibility index (Phi) is 6.79. The van der Waals surface area contributed by atoms with Gasteiger partial charge in [0.2, 0.25) is 0 Å². The SMILES string of the molecule is CCOc1cc(F)ccc1NC(=O)C(=O)NC1CCCCC1C(C)C. The maximum absolute atomic E-state index is 13.3. The van der Waals surface area contributed by atoms with Gasteiger partial charge < -0.3 is 15.4 Å². The van der Waals surface area contributed by atoms with Crippen LogP contribution in [0.2, 0.25) is 0 Å². The Balaban J connectivity index is 2.02. The van der Waals surface area contributed by atoms with Gasteiger partial charge in [0.25, 0.3) is 0 Å². The minimum atomic E-state index is -0.763. The summed E-state index contributed by atoms with van der Waals surface area (Å²) in [4.78, 5) is 24.5. The molecule has 0 aliphatic heterocycles. The molecule has 0 radical (unpaired) electrons. The molecule has 0 spiro atoms. The van der Waals surface area contributed by atoms with E-state index in [0.717, 1.165) is 25.7 Å². The van der Waals surface area contributed by atoms with E-state index in [0.29, 0.717) is 18.4 Å². The average Bonchev–Trinajstić information content (AvgIpc) is 2.57. The van der Waals surface area contributed by atoms with Crippen LogP contribution in [0.5, 0.6) is 5.75 Å². The fourth-order valence-corrected chi connectivity index (χ4v) is 3.42. The number of nitrogens with one attached hydrogen (secondary N) is 2. The van der Waals surface area contributed by atoms with Crippen molar-refractivity contribution in [1.29, 1.82) is 0 Å². The average molecular weight is 350 g/mol. The molecule has 1 saturated carbocycles. The van der Waals surface area contributed by atoms with Gasteiger partial charge in [-0.2, -0.15) is 0 Å². The highest BCUT2D eigenvalue weighted by Crippen LogP contribution is 2.30. The van der Waals surface area contributed by atoms with Crippen LogP contribution in [0.3, 0.4) is 0 Å². The molecular weight excluding hydrogens is 323 g/mol. The van der Waals surface area contributed by atoms with Gasteiger partial charge in [-0.25, -0.2) is 4.39 Å². The molecule has 1 aliphatic rings. The smallest absolute Gasteiger partial charge is 0.313 e. The predicted molar refractivity (Wildman–Crippen MR) is 94.9 cm³/mol. The summed E-state index contributed by atoms with van der Waals surface area (Å²) in [5.41, 5.74) is 0.285. The summed E-state index contributed by atoms with van der Waals surface area (Å²) >= 11 is 0. The number of halogens is 1. The zero-order valence-corrected chi connectivity index (χ0v) is 15.1. The van der Waals surface area contributed by atoms with E-state index in [1.54, 1.807) is 6.92 Å². The van der Waals surface area contributed by atoms with Crippen molar-refractivity contribution in [2.75, 3.05) is 11.9 Å². The normalized spacial score (nSPS) is 20.2. The highest BCUT2D eigenvalue weighted by atomic mass is 19.1. The van der Waals surface area contributed by atoms with Crippen molar-refractivity contribution in [2.24, 2.45) is 11.8 Å². The first-order chi connectivity index (χ1) is 11.9. The lowest BCUT2D eigenvalue weighted by Gasteiger charge is -2.34. The second kappa shape index (κ2) is 8.83. The van der Waals surface area contributed by atoms with Gasteiger partial charge in [0.1, 0.15) is 11.6 Å². The van der Waals surface area contributed by atoms with Crippen molar-refractivity contribution in [3.8, 4) is 5.75 Å². The first-order valence-electron chi connectivity index (χ1n) is 8.96. The lowest BCUT2D eigenvalue weighted by Crippen LogP contribution is -2.47. The maximum Gasteiger partial charge on any atom is 0.313 e. The summed E-state index contributed by atoms with van der Waals surface area (Å²) < 4.78 is 18.6. The third-order valence-corrected chi connectivity index (χ3v) is 4.69. The van der Waals surface area contributed by atoms with E-state index >= 15 is 0 Å². The summed E-state index contributed by atoms with van der Waals surface area (Å²) in [7, 11) is 0. The number of carbonyl (C=O) groups excluding carboxylic acids is 2. The van der Waals surface area contributed by atoms with Crippen LogP contribution >= 0.6 is 0 Å². The molecule has 2 rings (SSSR count). The van der Waals surface area contributed by atoms with Crippen molar-refractivity contribution in [2.45, 2.75) is 52.5 Å². The number of hydrogen-bond acceptors (Lipinski definition) is 3. The Hall–Kier alpha value is -2.11. The minimum absolute atomic E-state index is 0.0200. The highest BCUT2D eigenvalue weighted by Gasteiger charge is 2.30. The summed E-state index contributed by atoms with van der Waals surface area (Å²) in [6, 6.07) is 3.81. The summed E-state index contributed by atoms with van der Waals surface area (Å²) in [6.45, 7) is 6.37. The summed E-state index contributed by atoms with van der Waals surface area (Å²) in [6.07, 6.45) is 4.18. The van der Waals surface area contributed by atoms with Crippen LogP contribution in [-0.4, -0.2) is 24.5 Å². The van der Waals surface area contributed by atoms with E-state index in [4.69, 9.17) is 4.74 Å². The van der Waals surface area contributed by atoms with E-state index in [1.165, 1.54) is 18.2 Å². The van der Waals surface area contributed by atoms with Gasteiger partial charge in [0, 0.05) is 12.1 Å². The van der Waals surface area contributed by atoms with Gasteiger partial charge in [0.05, 0.1) is 12.3 Å². The topological polar surface area (TPSA) is 67.4 Å². The van der Waals surface area contributed by atoms with Gasteiger partial charge in [-0.05, 0) is 43.7 Å². The predicted octanol–water partition coefficient (Wildman–Crippen LogP) is 3.49. The van der Waals surface area contributed by atoms with Crippen molar-refractivity contribution in [3.05, 3.63) is 24.0 Å². The molecule has 5 nitrogen and oxygen atoms in total. The van der Waals surface area contributed by atoms with Gasteiger partial charge in [-0.15, -0.1) is 0 Å². The second-order valence-electron chi connectivity index (χ2n) is 6.80. The zero-order chi connectivity index (χ0) is 18.4. The Morgan fingerprint density at radius 2 is 1.96 bits per heavy atom. The fraction of sp³-hybridized carbons (Fsp3) is 0.579. The van der Waals surface area contributed by atoms with Crippen LogP contribution < -0.4 is 15.4 Å². The molecular formula is C19H27FN2O3. The molecule has 6 heteroatoms. The van der Waals surface area contributed by atoms with E-state index in [9.17, 15) is 14.0 Å². The third-order valence-electron chi connectivity index (χ3n) is 4.69. The second-order valence-corrected chi connectivity index (χ2v) is 6.80. The Bertz CT molecular complexity index is 619. The first-order valence-corrected chi connectivity index (χ1v) is 8.96. The number of ether oxygens (including phenoxy) is 1. The van der Waals surface area contributed by atoms with E-state index in [2.05, 4.69) is 24.5 Å². The van der Waals surface area contributed by atoms with Crippen molar-refractivity contribution in [1.82, 2.24) is 5.32 Å². The molecule has 2 unspecified atom stereocenters. The molecule has 1 aromatic carbocycles. The molecule has 0 aromatic heterocycles. The Labute approximate surface area is 148 Å². The molecule has 2 amide bonds. The molecule has 0 bridgehead atoms. The minimum Gasteiger partial charge on any atom is -0.492 e. The van der Waals surface area contributed by atoms with Gasteiger partial charge >= 0.3 is 11.8 Å². The standard InChI is InChI=1S/C19H27FN2O3/c1-4-25-17-11-13(20)9-10-16(17)22-19(24)18(23)21-15-8-6-5-7-14(15)12(2)3/h9-12,14-15H,4-8H2,1-3H3,(H,21,23)(H,22,24). The van der Waals surface area contributed by atoms with Crippen molar-refractivity contribution < 1.29 is 18.7 Å². The Morgan fingerprint density at radius 1 is 1.24 bits per heavy atom. The van der Waals surface area contributed by atoms with Gasteiger partial charge in [0.15, 0.2) is 0 Å². The van der Waals surface area contributed by atoms with E-state index in [1.807, 2.05) is 0 Å². The summed E-state index contributed by atoms with van der Waals surface area (Å²) in [5, 5.41) is 5.38. The monoisotopic (exact) mass is 350 g/mol. The number of hydrogen-bond donors (Lipinski definition) is 2. The molecule has 1 aromatic rings. The van der Waals surface area contributed by atoms with Gasteiger partial charge in [-0.1, -0.05) is 26.7 Å². The number of benzene rings is 1. The van der Waals surface area contributed by atoms with Crippen LogP contribution in [0.15, 0.2) is 18.2 Å². The molecule has 0 heterocycles. The van der Waals surface area contributed by atoms with E-state index < -0.39 is 17.6 Å². The number of rotatable bonds is 5. The zero-order valence-electron chi connectivity index (χ0n) is 15.1. The van der Waals surface area contributed by atoms with Crippen LogP contribution in [0.25, 0.3) is 0 Å². The molecule has 1 aliphatic carbocycles. The molecule has 25 heavy (non-hydrogen) atoms.